The first-order valence-corrected chi connectivity index (χ1v) is 14.9. The summed E-state index contributed by atoms with van der Waals surface area (Å²) in [6.45, 7) is 4.33. The van der Waals surface area contributed by atoms with Crippen LogP contribution < -0.4 is 10.3 Å². The van der Waals surface area contributed by atoms with E-state index in [0.29, 0.717) is 0 Å². The Bertz CT molecular complexity index is 2460. The Labute approximate surface area is 254 Å². The monoisotopic (exact) mass is 569 g/mol. The number of rotatable bonds is 2. The molecule has 1 aliphatic rings. The SMILES string of the molecule is Cc1cccc(C)c1B1N(C)c2ccccc2-c2nc(-c3cccc4c3nc3c5c(O)cccc5c5ccccc5n43)cn21. The molecule has 0 radical (unpaired) electrons. The van der Waals surface area contributed by atoms with E-state index >= 15 is 0 Å². The number of aryl methyl sites for hydroxylation is 2. The Kier molecular flexibility index (Phi) is 5.10. The highest BCUT2D eigenvalue weighted by molar-refractivity contribution is 6.77. The van der Waals surface area contributed by atoms with Crippen LogP contribution in [0.2, 0.25) is 0 Å². The quantitative estimate of drug-likeness (QED) is 0.175. The molecule has 4 heterocycles. The van der Waals surface area contributed by atoms with Crippen molar-refractivity contribution in [2.45, 2.75) is 13.8 Å². The van der Waals surface area contributed by atoms with Crippen molar-refractivity contribution in [3.05, 3.63) is 120 Å². The fourth-order valence-electron chi connectivity index (χ4n) is 7.38. The van der Waals surface area contributed by atoms with Gasteiger partial charge in [0.2, 0.25) is 0 Å². The molecule has 1 N–H and O–H groups in total. The second kappa shape index (κ2) is 8.97. The molecule has 0 spiro atoms. The van der Waals surface area contributed by atoms with Gasteiger partial charge in [0.15, 0.2) is 0 Å². The van der Waals surface area contributed by atoms with Gasteiger partial charge in [-0.2, -0.15) is 0 Å². The molecule has 3 aromatic heterocycles. The van der Waals surface area contributed by atoms with Crippen LogP contribution in [0.25, 0.3) is 61.0 Å². The summed E-state index contributed by atoms with van der Waals surface area (Å²) in [6.07, 6.45) is 2.19. The van der Waals surface area contributed by atoms with Crippen molar-refractivity contribution in [3.63, 3.8) is 0 Å². The molecule has 9 rings (SSSR count). The fourth-order valence-corrected chi connectivity index (χ4v) is 7.38. The Morgan fingerprint density at radius 3 is 2.23 bits per heavy atom. The maximum absolute atomic E-state index is 11.1. The predicted molar refractivity (Wildman–Crippen MR) is 181 cm³/mol. The minimum atomic E-state index is -0.0487. The molecule has 0 bridgehead atoms. The first-order valence-electron chi connectivity index (χ1n) is 14.9. The first kappa shape index (κ1) is 25.0. The van der Waals surface area contributed by atoms with Gasteiger partial charge in [0.1, 0.15) is 17.2 Å². The average molecular weight is 569 g/mol. The van der Waals surface area contributed by atoms with Gasteiger partial charge in [0, 0.05) is 28.4 Å². The zero-order chi connectivity index (χ0) is 29.7. The highest BCUT2D eigenvalue weighted by Gasteiger charge is 2.37. The van der Waals surface area contributed by atoms with E-state index in [1.807, 2.05) is 12.1 Å². The largest absolute Gasteiger partial charge is 0.507 e. The molecule has 0 aliphatic carbocycles. The number of fused-ring (bicyclic) bond motifs is 11. The Hall–Kier alpha value is -5.56. The Morgan fingerprint density at radius 2 is 1.36 bits per heavy atom. The summed E-state index contributed by atoms with van der Waals surface area (Å²) in [6, 6.07) is 35.3. The van der Waals surface area contributed by atoms with E-state index in [-0.39, 0.29) is 12.7 Å². The van der Waals surface area contributed by atoms with Crippen LogP contribution in [0.3, 0.4) is 0 Å². The summed E-state index contributed by atoms with van der Waals surface area (Å²) < 4.78 is 4.49. The van der Waals surface area contributed by atoms with Crippen LogP contribution in [0.5, 0.6) is 5.75 Å². The van der Waals surface area contributed by atoms with E-state index in [9.17, 15) is 5.11 Å². The summed E-state index contributed by atoms with van der Waals surface area (Å²) in [5.74, 6) is 1.17. The molecule has 0 saturated heterocycles. The molecular formula is C37H28BN5O. The molecular weight excluding hydrogens is 541 g/mol. The molecule has 0 amide bonds. The van der Waals surface area contributed by atoms with E-state index in [1.165, 1.54) is 16.6 Å². The smallest absolute Gasteiger partial charge is 0.417 e. The van der Waals surface area contributed by atoms with E-state index in [1.54, 1.807) is 6.07 Å². The van der Waals surface area contributed by atoms with E-state index in [2.05, 4.69) is 126 Å². The van der Waals surface area contributed by atoms with Crippen molar-refractivity contribution in [1.82, 2.24) is 18.8 Å². The summed E-state index contributed by atoms with van der Waals surface area (Å²) in [4.78, 5) is 12.9. The van der Waals surface area contributed by atoms with Gasteiger partial charge in [-0.15, -0.1) is 0 Å². The van der Waals surface area contributed by atoms with E-state index < -0.39 is 0 Å². The second-order valence-corrected chi connectivity index (χ2v) is 11.8. The molecule has 1 aliphatic heterocycles. The predicted octanol–water partition coefficient (Wildman–Crippen LogP) is 7.34. The van der Waals surface area contributed by atoms with Crippen LogP contribution in [0.15, 0.2) is 109 Å². The maximum Gasteiger partial charge on any atom is 0.417 e. The van der Waals surface area contributed by atoms with Gasteiger partial charge in [0.05, 0.1) is 27.6 Å². The zero-order valence-electron chi connectivity index (χ0n) is 24.7. The number of hydrogen-bond acceptors (Lipinski definition) is 4. The molecule has 0 fully saturated rings. The van der Waals surface area contributed by atoms with Gasteiger partial charge in [-0.05, 0) is 62.1 Å². The summed E-state index contributed by atoms with van der Waals surface area (Å²) in [5.41, 5.74) is 11.5. The molecule has 7 heteroatoms. The number of benzene rings is 5. The standard InChI is InChI=1S/C37H28BN5O/c1-22-11-8-12-23(2)34(22)38-41(3)29-17-6-5-14-27(29)36-39-28(21-42(36)38)26-16-9-19-31-35(26)40-37-33-25(15-10-20-32(33)44)24-13-4-7-18-30(24)43(31)37/h4-21,44H,1-3H3. The van der Waals surface area contributed by atoms with Gasteiger partial charge in [-0.3, -0.25) is 4.40 Å². The van der Waals surface area contributed by atoms with Crippen LogP contribution >= 0.6 is 0 Å². The number of anilines is 1. The lowest BCUT2D eigenvalue weighted by atomic mass is 9.60. The maximum atomic E-state index is 11.1. The molecule has 5 aromatic carbocycles. The number of aromatic hydroxyl groups is 1. The molecule has 44 heavy (non-hydrogen) atoms. The number of phenolic OH excluding ortho intramolecular Hbond substituents is 1. The number of pyridine rings is 1. The third-order valence-corrected chi connectivity index (χ3v) is 9.35. The number of aromatic nitrogens is 4. The van der Waals surface area contributed by atoms with Crippen LogP contribution in [-0.2, 0) is 0 Å². The number of para-hydroxylation sites is 3. The van der Waals surface area contributed by atoms with E-state index in [0.717, 1.165) is 66.7 Å². The average Bonchev–Trinajstić information content (AvgIpc) is 3.65. The van der Waals surface area contributed by atoms with Crippen molar-refractivity contribution < 1.29 is 5.11 Å². The molecule has 6 nitrogen and oxygen atoms in total. The molecule has 0 saturated carbocycles. The highest BCUT2D eigenvalue weighted by atomic mass is 16.3. The van der Waals surface area contributed by atoms with Crippen LogP contribution in [0.4, 0.5) is 5.69 Å². The number of imidazole rings is 2. The number of nitrogens with zero attached hydrogens (tertiary/aromatic N) is 5. The summed E-state index contributed by atoms with van der Waals surface area (Å²) >= 11 is 0. The molecule has 210 valence electrons. The minimum Gasteiger partial charge on any atom is -0.507 e. The van der Waals surface area contributed by atoms with Crippen molar-refractivity contribution in [2.24, 2.45) is 0 Å². The third-order valence-electron chi connectivity index (χ3n) is 9.35. The van der Waals surface area contributed by atoms with Gasteiger partial charge >= 0.3 is 6.98 Å². The lowest BCUT2D eigenvalue weighted by molar-refractivity contribution is 0.482. The summed E-state index contributed by atoms with van der Waals surface area (Å²) in [7, 11) is 2.17. The first-order chi connectivity index (χ1) is 21.5. The Balaban J connectivity index is 1.36. The second-order valence-electron chi connectivity index (χ2n) is 11.8. The highest BCUT2D eigenvalue weighted by Crippen LogP contribution is 2.41. The molecule has 0 unspecified atom stereocenters. The lowest BCUT2D eigenvalue weighted by Gasteiger charge is -2.36. The lowest BCUT2D eigenvalue weighted by Crippen LogP contribution is -2.56. The topological polar surface area (TPSA) is 58.6 Å². The van der Waals surface area contributed by atoms with Gasteiger partial charge < -0.3 is 14.4 Å². The third kappa shape index (κ3) is 3.26. The van der Waals surface area contributed by atoms with Crippen LogP contribution in [0, 0.1) is 13.8 Å². The van der Waals surface area contributed by atoms with Crippen molar-refractivity contribution in [3.8, 4) is 28.4 Å². The van der Waals surface area contributed by atoms with E-state index in [4.69, 9.17) is 9.97 Å². The number of phenols is 1. The molecule has 0 atom stereocenters. The van der Waals surface area contributed by atoms with Crippen LogP contribution in [0.1, 0.15) is 11.1 Å². The van der Waals surface area contributed by atoms with Crippen LogP contribution in [-0.4, -0.2) is 38.0 Å². The number of hydrogen-bond donors (Lipinski definition) is 1. The molecule has 8 aromatic rings. The Morgan fingerprint density at radius 1 is 0.682 bits per heavy atom. The van der Waals surface area contributed by atoms with Crippen molar-refractivity contribution in [1.29, 1.82) is 0 Å². The summed E-state index contributed by atoms with van der Waals surface area (Å²) in [5, 5.41) is 13.9. The van der Waals surface area contributed by atoms with Gasteiger partial charge in [-0.25, -0.2) is 9.97 Å². The van der Waals surface area contributed by atoms with Gasteiger partial charge in [-0.1, -0.05) is 83.9 Å². The van der Waals surface area contributed by atoms with Crippen molar-refractivity contribution in [2.75, 3.05) is 11.9 Å². The van der Waals surface area contributed by atoms with Crippen molar-refractivity contribution >= 4 is 56.5 Å². The minimum absolute atomic E-state index is 0.0487. The normalized spacial score (nSPS) is 12.9. The van der Waals surface area contributed by atoms with Gasteiger partial charge in [0.25, 0.3) is 0 Å². The zero-order valence-corrected chi connectivity index (χ0v) is 24.7. The fraction of sp³-hybridized carbons (Fsp3) is 0.0811.